The number of carbonyl (C=O) groups is 1. The average molecular weight is 469 g/mol. The number of methoxy groups -OCH3 is 2. The molecule has 0 fully saturated rings. The largest absolute Gasteiger partial charge is 0.493 e. The third-order valence-corrected chi connectivity index (χ3v) is 6.70. The molecule has 3 aromatic rings. The Morgan fingerprint density at radius 2 is 1.48 bits per heavy atom. The Morgan fingerprint density at radius 3 is 2.09 bits per heavy atom. The van der Waals surface area contributed by atoms with Gasteiger partial charge in [0.15, 0.2) is 11.5 Å². The summed E-state index contributed by atoms with van der Waals surface area (Å²) in [5.74, 6) is 0.694. The van der Waals surface area contributed by atoms with Crippen LogP contribution in [-0.2, 0) is 21.2 Å². The van der Waals surface area contributed by atoms with Crippen molar-refractivity contribution in [2.45, 2.75) is 30.3 Å². The maximum atomic E-state index is 13.2. The molecule has 1 amide bonds. The number of amides is 1. The van der Waals surface area contributed by atoms with Gasteiger partial charge in [-0.2, -0.15) is 4.72 Å². The van der Waals surface area contributed by atoms with Gasteiger partial charge in [0.1, 0.15) is 6.04 Å². The fourth-order valence-electron chi connectivity index (χ4n) is 3.41. The van der Waals surface area contributed by atoms with Gasteiger partial charge in [0, 0.05) is 0 Å². The molecule has 3 aromatic carbocycles. The summed E-state index contributed by atoms with van der Waals surface area (Å²) in [5, 5.41) is 2.92. The summed E-state index contributed by atoms with van der Waals surface area (Å²) in [6.45, 7) is 1.82. The van der Waals surface area contributed by atoms with Crippen LogP contribution in [0.3, 0.4) is 0 Å². The number of hydrogen-bond donors (Lipinski definition) is 2. The Hall–Kier alpha value is -3.36. The van der Waals surface area contributed by atoms with Crippen LogP contribution < -0.4 is 19.5 Å². The minimum atomic E-state index is -3.89. The second kappa shape index (κ2) is 11.0. The first-order valence-corrected chi connectivity index (χ1v) is 12.0. The molecule has 0 heterocycles. The Bertz CT molecular complexity index is 1170. The van der Waals surface area contributed by atoms with Crippen LogP contribution in [0.2, 0.25) is 0 Å². The Balaban J connectivity index is 1.83. The quantitative estimate of drug-likeness (QED) is 0.475. The summed E-state index contributed by atoms with van der Waals surface area (Å²) in [7, 11) is -0.800. The first-order chi connectivity index (χ1) is 15.8. The molecule has 0 radical (unpaired) electrons. The SMILES string of the molecule is COc1ccc([C@@H](C)NC(=O)[C@@H](Cc2ccccc2)NS(=O)(=O)c2ccccc2)cc1OC. The Labute approximate surface area is 194 Å². The van der Waals surface area contributed by atoms with Crippen LogP contribution in [0, 0.1) is 0 Å². The van der Waals surface area contributed by atoms with E-state index in [1.54, 1.807) is 44.6 Å². The van der Waals surface area contributed by atoms with Crippen molar-refractivity contribution in [2.24, 2.45) is 0 Å². The summed E-state index contributed by atoms with van der Waals surface area (Å²) in [5.41, 5.74) is 1.64. The standard InChI is InChI=1S/C25H28N2O5S/c1-18(20-14-15-23(31-2)24(17-20)32-3)26-25(28)22(16-19-10-6-4-7-11-19)27-33(29,30)21-12-8-5-9-13-21/h4-15,17-18,22,27H,16H2,1-3H3,(H,26,28)/t18-,22-/m1/s1. The number of benzene rings is 3. The maximum Gasteiger partial charge on any atom is 0.241 e. The maximum absolute atomic E-state index is 13.2. The normalized spacial score (nSPS) is 13.1. The van der Waals surface area contributed by atoms with E-state index in [0.717, 1.165) is 11.1 Å². The van der Waals surface area contributed by atoms with Crippen LogP contribution in [0.15, 0.2) is 83.8 Å². The van der Waals surface area contributed by atoms with Crippen LogP contribution in [-0.4, -0.2) is 34.6 Å². The molecule has 2 N–H and O–H groups in total. The highest BCUT2D eigenvalue weighted by Gasteiger charge is 2.27. The van der Waals surface area contributed by atoms with Crippen LogP contribution in [0.5, 0.6) is 11.5 Å². The van der Waals surface area contributed by atoms with Gasteiger partial charge in [0.25, 0.3) is 0 Å². The van der Waals surface area contributed by atoms with E-state index in [1.807, 2.05) is 43.3 Å². The van der Waals surface area contributed by atoms with Gasteiger partial charge in [0.2, 0.25) is 15.9 Å². The lowest BCUT2D eigenvalue weighted by Crippen LogP contribution is -2.48. The number of nitrogens with one attached hydrogen (secondary N) is 2. The lowest BCUT2D eigenvalue weighted by Gasteiger charge is -2.22. The van der Waals surface area contributed by atoms with E-state index in [2.05, 4.69) is 10.0 Å². The monoisotopic (exact) mass is 468 g/mol. The molecule has 0 saturated carbocycles. The predicted octanol–water partition coefficient (Wildman–Crippen LogP) is 3.47. The number of ether oxygens (including phenoxy) is 2. The molecular weight excluding hydrogens is 440 g/mol. The predicted molar refractivity (Wildman–Crippen MR) is 127 cm³/mol. The zero-order chi connectivity index (χ0) is 23.8. The Kier molecular flexibility index (Phi) is 8.08. The smallest absolute Gasteiger partial charge is 0.241 e. The summed E-state index contributed by atoms with van der Waals surface area (Å²) >= 11 is 0. The van der Waals surface area contributed by atoms with Crippen molar-refractivity contribution in [1.29, 1.82) is 0 Å². The molecule has 8 heteroatoms. The zero-order valence-corrected chi connectivity index (χ0v) is 19.6. The van der Waals surface area contributed by atoms with E-state index < -0.39 is 28.0 Å². The van der Waals surface area contributed by atoms with Crippen LogP contribution in [0.25, 0.3) is 0 Å². The van der Waals surface area contributed by atoms with Crippen molar-refractivity contribution < 1.29 is 22.7 Å². The van der Waals surface area contributed by atoms with Crippen LogP contribution >= 0.6 is 0 Å². The van der Waals surface area contributed by atoms with E-state index in [4.69, 9.17) is 9.47 Å². The fraction of sp³-hybridized carbons (Fsp3) is 0.240. The molecule has 33 heavy (non-hydrogen) atoms. The first-order valence-electron chi connectivity index (χ1n) is 10.5. The molecule has 7 nitrogen and oxygen atoms in total. The molecule has 0 aliphatic rings. The van der Waals surface area contributed by atoms with E-state index in [0.29, 0.717) is 11.5 Å². The third-order valence-electron chi connectivity index (χ3n) is 5.22. The average Bonchev–Trinajstić information content (AvgIpc) is 2.84. The summed E-state index contributed by atoms with van der Waals surface area (Å²) in [6.07, 6.45) is 0.206. The molecule has 0 aromatic heterocycles. The van der Waals surface area contributed by atoms with Gasteiger partial charge in [0.05, 0.1) is 25.2 Å². The van der Waals surface area contributed by atoms with Gasteiger partial charge in [-0.05, 0) is 48.7 Å². The number of carbonyl (C=O) groups excluding carboxylic acids is 1. The highest BCUT2D eigenvalue weighted by Crippen LogP contribution is 2.30. The number of rotatable bonds is 10. The van der Waals surface area contributed by atoms with Crippen molar-refractivity contribution in [3.05, 3.63) is 90.0 Å². The molecule has 0 aliphatic heterocycles. The molecule has 0 bridgehead atoms. The summed E-state index contributed by atoms with van der Waals surface area (Å²) < 4.78 is 39.0. The molecular formula is C25H28N2O5S. The van der Waals surface area contributed by atoms with Crippen LogP contribution in [0.1, 0.15) is 24.1 Å². The lowest BCUT2D eigenvalue weighted by atomic mass is 10.0. The zero-order valence-electron chi connectivity index (χ0n) is 18.8. The first kappa shape index (κ1) is 24.3. The van der Waals surface area contributed by atoms with E-state index in [-0.39, 0.29) is 11.3 Å². The third kappa shape index (κ3) is 6.34. The molecule has 174 valence electrons. The fourth-order valence-corrected chi connectivity index (χ4v) is 4.63. The van der Waals surface area contributed by atoms with Crippen molar-refractivity contribution in [1.82, 2.24) is 10.0 Å². The topological polar surface area (TPSA) is 93.7 Å². The highest BCUT2D eigenvalue weighted by molar-refractivity contribution is 7.89. The van der Waals surface area contributed by atoms with E-state index >= 15 is 0 Å². The minimum absolute atomic E-state index is 0.101. The van der Waals surface area contributed by atoms with Crippen molar-refractivity contribution >= 4 is 15.9 Å². The number of sulfonamides is 1. The molecule has 0 spiro atoms. The van der Waals surface area contributed by atoms with Gasteiger partial charge in [-0.3, -0.25) is 4.79 Å². The lowest BCUT2D eigenvalue weighted by molar-refractivity contribution is -0.123. The van der Waals surface area contributed by atoms with Gasteiger partial charge < -0.3 is 14.8 Å². The molecule has 0 saturated heterocycles. The van der Waals surface area contributed by atoms with Gasteiger partial charge in [-0.1, -0.05) is 54.6 Å². The number of hydrogen-bond acceptors (Lipinski definition) is 5. The second-order valence-electron chi connectivity index (χ2n) is 7.52. The summed E-state index contributed by atoms with van der Waals surface area (Å²) in [6, 6.07) is 21.3. The summed E-state index contributed by atoms with van der Waals surface area (Å²) in [4.78, 5) is 13.3. The molecule has 2 atom stereocenters. The van der Waals surface area contributed by atoms with Crippen LogP contribution in [0.4, 0.5) is 0 Å². The van der Waals surface area contributed by atoms with Crippen molar-refractivity contribution in [3.8, 4) is 11.5 Å². The van der Waals surface area contributed by atoms with Gasteiger partial charge >= 0.3 is 0 Å². The van der Waals surface area contributed by atoms with Crippen molar-refractivity contribution in [3.63, 3.8) is 0 Å². The van der Waals surface area contributed by atoms with E-state index in [1.165, 1.54) is 12.1 Å². The molecule has 0 unspecified atom stereocenters. The highest BCUT2D eigenvalue weighted by atomic mass is 32.2. The minimum Gasteiger partial charge on any atom is -0.493 e. The second-order valence-corrected chi connectivity index (χ2v) is 9.24. The van der Waals surface area contributed by atoms with Crippen molar-refractivity contribution in [2.75, 3.05) is 14.2 Å². The molecule has 3 rings (SSSR count). The van der Waals surface area contributed by atoms with E-state index in [9.17, 15) is 13.2 Å². The molecule has 0 aliphatic carbocycles. The Morgan fingerprint density at radius 1 is 0.879 bits per heavy atom. The van der Waals surface area contributed by atoms with Gasteiger partial charge in [-0.25, -0.2) is 8.42 Å². The van der Waals surface area contributed by atoms with Gasteiger partial charge in [-0.15, -0.1) is 0 Å².